The summed E-state index contributed by atoms with van der Waals surface area (Å²) in [7, 11) is 0. The third-order valence-electron chi connectivity index (χ3n) is 3.07. The van der Waals surface area contributed by atoms with Crippen molar-refractivity contribution in [1.29, 1.82) is 0 Å². The molecular weight excluding hydrogens is 320 g/mol. The standard InChI is InChI=1S/C18H20N4OS/c1-18(2,3)16(23)20-17(24)19-13-9-11-15(12-10-13)22-21-14-7-5-4-6-8-14/h4-12H,1-3H3,(H2,19,20,23,24). The number of hydrogen-bond donors (Lipinski definition) is 2. The van der Waals surface area contributed by atoms with E-state index in [0.29, 0.717) is 0 Å². The van der Waals surface area contributed by atoms with Gasteiger partial charge in [0.05, 0.1) is 11.4 Å². The Bertz CT molecular complexity index is 734. The molecule has 0 spiro atoms. The first-order chi connectivity index (χ1) is 11.3. The molecule has 2 rings (SSSR count). The Balaban J connectivity index is 1.93. The third-order valence-corrected chi connectivity index (χ3v) is 3.27. The Morgan fingerprint density at radius 3 is 2.00 bits per heavy atom. The van der Waals surface area contributed by atoms with E-state index in [9.17, 15) is 4.79 Å². The molecule has 1 amide bonds. The summed E-state index contributed by atoms with van der Waals surface area (Å²) in [5.74, 6) is -0.131. The quantitative estimate of drug-likeness (QED) is 0.613. The van der Waals surface area contributed by atoms with Gasteiger partial charge in [-0.25, -0.2) is 0 Å². The maximum atomic E-state index is 11.9. The van der Waals surface area contributed by atoms with Gasteiger partial charge in [-0.15, -0.1) is 0 Å². The number of azo groups is 1. The first-order valence-electron chi connectivity index (χ1n) is 7.54. The SMILES string of the molecule is CC(C)(C)C(=O)NC(=S)Nc1ccc(N=Nc2ccccc2)cc1. The number of carbonyl (C=O) groups excluding carboxylic acids is 1. The van der Waals surface area contributed by atoms with Gasteiger partial charge in [0.15, 0.2) is 5.11 Å². The highest BCUT2D eigenvalue weighted by molar-refractivity contribution is 7.80. The number of carbonyl (C=O) groups is 1. The van der Waals surface area contributed by atoms with E-state index < -0.39 is 5.41 Å². The molecule has 2 aromatic carbocycles. The van der Waals surface area contributed by atoms with Crippen molar-refractivity contribution >= 4 is 40.3 Å². The summed E-state index contributed by atoms with van der Waals surface area (Å²) in [5.41, 5.74) is 1.81. The highest BCUT2D eigenvalue weighted by atomic mass is 32.1. The van der Waals surface area contributed by atoms with Crippen molar-refractivity contribution in [2.75, 3.05) is 5.32 Å². The first-order valence-corrected chi connectivity index (χ1v) is 7.95. The molecule has 124 valence electrons. The van der Waals surface area contributed by atoms with Gasteiger partial charge in [0.2, 0.25) is 5.91 Å². The Morgan fingerprint density at radius 2 is 1.46 bits per heavy atom. The van der Waals surface area contributed by atoms with E-state index >= 15 is 0 Å². The maximum absolute atomic E-state index is 11.9. The molecule has 24 heavy (non-hydrogen) atoms. The van der Waals surface area contributed by atoms with Gasteiger partial charge in [0, 0.05) is 11.1 Å². The predicted octanol–water partition coefficient (Wildman–Crippen LogP) is 4.96. The van der Waals surface area contributed by atoms with Crippen molar-refractivity contribution in [3.8, 4) is 0 Å². The average Bonchev–Trinajstić information content (AvgIpc) is 2.54. The second kappa shape index (κ2) is 7.79. The highest BCUT2D eigenvalue weighted by Crippen LogP contribution is 2.20. The molecule has 0 saturated carbocycles. The fraction of sp³-hybridized carbons (Fsp3) is 0.222. The lowest BCUT2D eigenvalue weighted by Gasteiger charge is -2.18. The van der Waals surface area contributed by atoms with Crippen LogP contribution in [0, 0.1) is 5.41 Å². The Kier molecular flexibility index (Phi) is 5.76. The molecule has 2 aromatic rings. The Labute approximate surface area is 147 Å². The van der Waals surface area contributed by atoms with E-state index in [0.717, 1.165) is 17.1 Å². The van der Waals surface area contributed by atoms with Crippen molar-refractivity contribution in [3.05, 3.63) is 54.6 Å². The lowest BCUT2D eigenvalue weighted by Crippen LogP contribution is -2.41. The minimum absolute atomic E-state index is 0.131. The monoisotopic (exact) mass is 340 g/mol. The minimum Gasteiger partial charge on any atom is -0.332 e. The predicted molar refractivity (Wildman–Crippen MR) is 101 cm³/mol. The molecule has 0 aromatic heterocycles. The summed E-state index contributed by atoms with van der Waals surface area (Å²) in [4.78, 5) is 11.9. The summed E-state index contributed by atoms with van der Waals surface area (Å²) in [6, 6.07) is 16.8. The summed E-state index contributed by atoms with van der Waals surface area (Å²) >= 11 is 5.14. The molecule has 5 nitrogen and oxygen atoms in total. The van der Waals surface area contributed by atoms with Gasteiger partial charge < -0.3 is 10.6 Å². The number of nitrogens with zero attached hydrogens (tertiary/aromatic N) is 2. The second-order valence-electron chi connectivity index (χ2n) is 6.24. The van der Waals surface area contributed by atoms with Gasteiger partial charge in [-0.1, -0.05) is 39.0 Å². The summed E-state index contributed by atoms with van der Waals surface area (Å²) < 4.78 is 0. The molecule has 0 radical (unpaired) electrons. The molecule has 0 aliphatic rings. The molecule has 0 fully saturated rings. The molecule has 0 bridgehead atoms. The second-order valence-corrected chi connectivity index (χ2v) is 6.65. The molecule has 2 N–H and O–H groups in total. The molecular formula is C18H20N4OS. The molecule has 0 unspecified atom stereocenters. The fourth-order valence-electron chi connectivity index (χ4n) is 1.67. The molecule has 0 aliphatic heterocycles. The van der Waals surface area contributed by atoms with Gasteiger partial charge in [-0.3, -0.25) is 4.79 Å². The van der Waals surface area contributed by atoms with Crippen LogP contribution in [0.3, 0.4) is 0 Å². The molecule has 0 aliphatic carbocycles. The molecule has 0 atom stereocenters. The van der Waals surface area contributed by atoms with Crippen LogP contribution in [-0.4, -0.2) is 11.0 Å². The highest BCUT2D eigenvalue weighted by Gasteiger charge is 2.21. The van der Waals surface area contributed by atoms with Crippen LogP contribution in [0.15, 0.2) is 64.8 Å². The normalized spacial score (nSPS) is 11.3. The van der Waals surface area contributed by atoms with E-state index in [1.54, 1.807) is 0 Å². The first kappa shape index (κ1) is 17.7. The lowest BCUT2D eigenvalue weighted by molar-refractivity contribution is -0.126. The molecule has 6 heteroatoms. The van der Waals surface area contributed by atoms with E-state index in [1.165, 1.54) is 0 Å². The number of benzene rings is 2. The summed E-state index contributed by atoms with van der Waals surface area (Å²) in [6.07, 6.45) is 0. The number of amides is 1. The van der Waals surface area contributed by atoms with Gasteiger partial charge >= 0.3 is 0 Å². The van der Waals surface area contributed by atoms with Crippen molar-refractivity contribution < 1.29 is 4.79 Å². The van der Waals surface area contributed by atoms with Gasteiger partial charge in [-0.05, 0) is 48.6 Å². The smallest absolute Gasteiger partial charge is 0.231 e. The van der Waals surface area contributed by atoms with Crippen LogP contribution in [0.5, 0.6) is 0 Å². The van der Waals surface area contributed by atoms with Crippen LogP contribution in [0.1, 0.15) is 20.8 Å². The van der Waals surface area contributed by atoms with E-state index in [1.807, 2.05) is 75.4 Å². The van der Waals surface area contributed by atoms with Gasteiger partial charge in [0.1, 0.15) is 0 Å². The number of rotatable bonds is 3. The zero-order valence-electron chi connectivity index (χ0n) is 13.9. The van der Waals surface area contributed by atoms with Crippen molar-refractivity contribution in [1.82, 2.24) is 5.32 Å². The average molecular weight is 340 g/mol. The van der Waals surface area contributed by atoms with E-state index in [2.05, 4.69) is 20.9 Å². The summed E-state index contributed by atoms with van der Waals surface area (Å²) in [5, 5.41) is 14.2. The lowest BCUT2D eigenvalue weighted by atomic mass is 9.96. The van der Waals surface area contributed by atoms with E-state index in [-0.39, 0.29) is 11.0 Å². The number of thiocarbonyl (C=S) groups is 1. The number of hydrogen-bond acceptors (Lipinski definition) is 4. The van der Waals surface area contributed by atoms with Crippen LogP contribution < -0.4 is 10.6 Å². The Hall–Kier alpha value is -2.60. The van der Waals surface area contributed by atoms with Crippen LogP contribution in [0.25, 0.3) is 0 Å². The van der Waals surface area contributed by atoms with Crippen molar-refractivity contribution in [2.24, 2.45) is 15.6 Å². The zero-order valence-corrected chi connectivity index (χ0v) is 14.7. The molecule has 0 saturated heterocycles. The minimum atomic E-state index is -0.493. The maximum Gasteiger partial charge on any atom is 0.231 e. The largest absolute Gasteiger partial charge is 0.332 e. The van der Waals surface area contributed by atoms with Crippen LogP contribution in [-0.2, 0) is 4.79 Å². The topological polar surface area (TPSA) is 65.8 Å². The van der Waals surface area contributed by atoms with Crippen molar-refractivity contribution in [2.45, 2.75) is 20.8 Å². The summed E-state index contributed by atoms with van der Waals surface area (Å²) in [6.45, 7) is 5.49. The van der Waals surface area contributed by atoms with Crippen molar-refractivity contribution in [3.63, 3.8) is 0 Å². The third kappa shape index (κ3) is 5.55. The van der Waals surface area contributed by atoms with Crippen LogP contribution in [0.4, 0.5) is 17.1 Å². The molecule has 0 heterocycles. The van der Waals surface area contributed by atoms with Gasteiger partial charge in [-0.2, -0.15) is 10.2 Å². The van der Waals surface area contributed by atoms with Crippen LogP contribution in [0.2, 0.25) is 0 Å². The Morgan fingerprint density at radius 1 is 0.917 bits per heavy atom. The number of nitrogens with one attached hydrogen (secondary N) is 2. The zero-order chi connectivity index (χ0) is 17.6. The van der Waals surface area contributed by atoms with Gasteiger partial charge in [0.25, 0.3) is 0 Å². The fourth-order valence-corrected chi connectivity index (χ4v) is 1.89. The van der Waals surface area contributed by atoms with Crippen LogP contribution >= 0.6 is 12.2 Å². The van der Waals surface area contributed by atoms with E-state index in [4.69, 9.17) is 12.2 Å². The number of anilines is 1.